The molecule has 0 radical (unpaired) electrons. The molecule has 3 fully saturated rings. The van der Waals surface area contributed by atoms with Crippen molar-refractivity contribution in [3.8, 4) is 0 Å². The summed E-state index contributed by atoms with van der Waals surface area (Å²) in [5.74, 6) is 3.67. The van der Waals surface area contributed by atoms with Gasteiger partial charge < -0.3 is 9.90 Å². The van der Waals surface area contributed by atoms with Crippen LogP contribution in [0, 0.1) is 51.8 Å². The van der Waals surface area contributed by atoms with Gasteiger partial charge in [-0.2, -0.15) is 11.8 Å². The number of hydrogen-bond acceptors (Lipinski definition) is 3. The van der Waals surface area contributed by atoms with E-state index in [0.29, 0.717) is 17.8 Å². The molecule has 29 heavy (non-hydrogen) atoms. The van der Waals surface area contributed by atoms with E-state index < -0.39 is 16.8 Å². The van der Waals surface area contributed by atoms with Gasteiger partial charge in [-0.15, -0.1) is 0 Å². The minimum Gasteiger partial charge on any atom is -0.481 e. The van der Waals surface area contributed by atoms with E-state index in [9.17, 15) is 14.7 Å². The fraction of sp³-hybridized carbons (Fsp3) is 0.840. The topological polar surface area (TPSA) is 54.4 Å². The van der Waals surface area contributed by atoms with E-state index in [1.165, 1.54) is 0 Å². The van der Waals surface area contributed by atoms with Crippen LogP contribution in [-0.2, 0) is 9.59 Å². The number of rotatable bonds is 8. The van der Waals surface area contributed by atoms with Gasteiger partial charge in [-0.1, -0.05) is 52.7 Å². The van der Waals surface area contributed by atoms with Crippen LogP contribution in [0.1, 0.15) is 66.7 Å². The molecule has 4 bridgehead atoms. The zero-order valence-corrected chi connectivity index (χ0v) is 19.6. The van der Waals surface area contributed by atoms with Crippen molar-refractivity contribution in [3.05, 3.63) is 11.6 Å². The predicted octanol–water partition coefficient (Wildman–Crippen LogP) is 5.69. The molecule has 0 saturated heterocycles. The molecule has 0 aromatic carbocycles. The smallest absolute Gasteiger partial charge is 0.315 e. The van der Waals surface area contributed by atoms with Gasteiger partial charge in [0.2, 0.25) is 0 Å². The molecule has 4 heteroatoms. The van der Waals surface area contributed by atoms with Crippen LogP contribution in [0.5, 0.6) is 0 Å². The SMILES string of the molecule is CC(C)CCSCC12C[C@@H]3[C@H](C)CC[C@H]3C3(C=O)CC1C=C(C(C)C)[C@@]23C(=O)O. The first-order valence-electron chi connectivity index (χ1n) is 11.7. The lowest BCUT2D eigenvalue weighted by atomic mass is 9.43. The van der Waals surface area contributed by atoms with Crippen molar-refractivity contribution in [2.75, 3.05) is 11.5 Å². The van der Waals surface area contributed by atoms with Gasteiger partial charge in [-0.05, 0) is 66.9 Å². The van der Waals surface area contributed by atoms with Crippen LogP contribution in [0.3, 0.4) is 0 Å². The normalized spacial score (nSPS) is 45.0. The predicted molar refractivity (Wildman–Crippen MR) is 119 cm³/mol. The third kappa shape index (κ3) is 2.50. The fourth-order valence-electron chi connectivity index (χ4n) is 8.21. The molecule has 0 amide bonds. The number of carboxylic acids is 1. The van der Waals surface area contributed by atoms with Gasteiger partial charge in [0.15, 0.2) is 0 Å². The molecule has 3 unspecified atom stereocenters. The van der Waals surface area contributed by atoms with Gasteiger partial charge >= 0.3 is 5.97 Å². The molecule has 7 atom stereocenters. The minimum absolute atomic E-state index is 0.172. The Bertz CT molecular complexity index is 728. The quantitative estimate of drug-likeness (QED) is 0.312. The van der Waals surface area contributed by atoms with Crippen LogP contribution in [0.2, 0.25) is 0 Å². The van der Waals surface area contributed by atoms with Crippen molar-refractivity contribution in [2.24, 2.45) is 51.8 Å². The van der Waals surface area contributed by atoms with Crippen LogP contribution in [0.25, 0.3) is 0 Å². The Kier molecular flexibility index (Phi) is 5.28. The third-order valence-corrected chi connectivity index (χ3v) is 10.6. The van der Waals surface area contributed by atoms with E-state index in [4.69, 9.17) is 0 Å². The Labute approximate surface area is 180 Å². The highest BCUT2D eigenvalue weighted by Gasteiger charge is 2.83. The number of thioether (sulfide) groups is 1. The number of fused-ring (bicyclic) bond motifs is 2. The standard InChI is InChI=1S/C25H38O3S/c1-15(2)8-9-29-14-24-12-19-17(5)6-7-20(19)23(13-26)11-18(24)10-21(16(3)4)25(23,24)22(27)28/h10,13,15-20H,6-9,11-12,14H2,1-5H3,(H,27,28)/t17-,18?,19-,20-,23?,24?,25+/m1/s1. The van der Waals surface area contributed by atoms with E-state index >= 15 is 0 Å². The van der Waals surface area contributed by atoms with E-state index in [0.717, 1.165) is 55.5 Å². The molecule has 3 nitrogen and oxygen atoms in total. The van der Waals surface area contributed by atoms with Crippen LogP contribution in [0.15, 0.2) is 11.6 Å². The zero-order valence-electron chi connectivity index (χ0n) is 18.7. The molecular formula is C25H38O3S. The maximum absolute atomic E-state index is 13.3. The monoisotopic (exact) mass is 418 g/mol. The van der Waals surface area contributed by atoms with Crippen LogP contribution < -0.4 is 0 Å². The summed E-state index contributed by atoms with van der Waals surface area (Å²) >= 11 is 1.95. The first kappa shape index (κ1) is 21.5. The summed E-state index contributed by atoms with van der Waals surface area (Å²) in [5, 5.41) is 10.9. The van der Waals surface area contributed by atoms with E-state index in [1.54, 1.807) is 0 Å². The molecule has 0 aromatic rings. The molecule has 0 aliphatic heterocycles. The van der Waals surface area contributed by atoms with Gasteiger partial charge in [0.25, 0.3) is 0 Å². The third-order valence-electron chi connectivity index (χ3n) is 9.32. The van der Waals surface area contributed by atoms with Crippen molar-refractivity contribution in [1.29, 1.82) is 0 Å². The first-order valence-corrected chi connectivity index (χ1v) is 12.8. The second-order valence-corrected chi connectivity index (χ2v) is 12.3. The highest BCUT2D eigenvalue weighted by molar-refractivity contribution is 7.99. The van der Waals surface area contributed by atoms with Crippen LogP contribution in [-0.4, -0.2) is 28.9 Å². The van der Waals surface area contributed by atoms with Crippen LogP contribution in [0.4, 0.5) is 0 Å². The lowest BCUT2D eigenvalue weighted by Gasteiger charge is -2.58. The van der Waals surface area contributed by atoms with Gasteiger partial charge in [0.05, 0.1) is 5.41 Å². The van der Waals surface area contributed by atoms with Gasteiger partial charge in [-0.3, -0.25) is 4.79 Å². The van der Waals surface area contributed by atoms with Crippen LogP contribution >= 0.6 is 11.8 Å². The van der Waals surface area contributed by atoms with Crippen molar-refractivity contribution in [1.82, 2.24) is 0 Å². The lowest BCUT2D eigenvalue weighted by molar-refractivity contribution is -0.177. The fourth-order valence-corrected chi connectivity index (χ4v) is 9.90. The van der Waals surface area contributed by atoms with E-state index in [2.05, 4.69) is 40.7 Å². The molecule has 1 N–H and O–H groups in total. The summed E-state index contributed by atoms with van der Waals surface area (Å²) in [5.41, 5.74) is -0.919. The van der Waals surface area contributed by atoms with Gasteiger partial charge in [-0.25, -0.2) is 0 Å². The molecular weight excluding hydrogens is 380 g/mol. The molecule has 3 saturated carbocycles. The molecule has 0 aromatic heterocycles. The van der Waals surface area contributed by atoms with Gasteiger partial charge in [0, 0.05) is 11.2 Å². The first-order chi connectivity index (χ1) is 13.7. The van der Waals surface area contributed by atoms with Crippen molar-refractivity contribution in [2.45, 2.75) is 66.7 Å². The minimum atomic E-state index is -0.989. The van der Waals surface area contributed by atoms with E-state index in [-0.39, 0.29) is 23.2 Å². The van der Waals surface area contributed by atoms with E-state index in [1.807, 2.05) is 11.8 Å². The highest BCUT2D eigenvalue weighted by atomic mass is 32.2. The van der Waals surface area contributed by atoms with Gasteiger partial charge in [0.1, 0.15) is 11.7 Å². The second-order valence-electron chi connectivity index (χ2n) is 11.2. The average Bonchev–Trinajstić information content (AvgIpc) is 3.22. The zero-order chi connectivity index (χ0) is 21.2. The second kappa shape index (κ2) is 7.14. The number of allylic oxidation sites excluding steroid dienone is 1. The van der Waals surface area contributed by atoms with Crippen molar-refractivity contribution >= 4 is 24.0 Å². The Morgan fingerprint density at radius 2 is 2.00 bits per heavy atom. The Morgan fingerprint density at radius 1 is 1.28 bits per heavy atom. The molecule has 162 valence electrons. The number of hydrogen-bond donors (Lipinski definition) is 1. The summed E-state index contributed by atoms with van der Waals surface area (Å²) in [4.78, 5) is 26.2. The summed E-state index contributed by atoms with van der Waals surface area (Å²) in [6.45, 7) is 11.1. The number of carbonyl (C=O) groups is 2. The van der Waals surface area contributed by atoms with Crippen molar-refractivity contribution in [3.63, 3.8) is 0 Å². The molecule has 0 spiro atoms. The molecule has 4 rings (SSSR count). The van der Waals surface area contributed by atoms with Crippen molar-refractivity contribution < 1.29 is 14.7 Å². The average molecular weight is 419 g/mol. The molecule has 4 aliphatic rings. The Balaban J connectivity index is 1.84. The number of carbonyl (C=O) groups excluding carboxylic acids is 1. The molecule has 0 heterocycles. The summed E-state index contributed by atoms with van der Waals surface area (Å²) in [6.07, 6.45) is 8.53. The summed E-state index contributed by atoms with van der Waals surface area (Å²) in [7, 11) is 0. The maximum atomic E-state index is 13.3. The Hall–Kier alpha value is -0.770. The number of aldehydes is 1. The highest BCUT2D eigenvalue weighted by Crippen LogP contribution is 2.83. The summed E-state index contributed by atoms with van der Waals surface area (Å²) in [6, 6.07) is 0. The number of carboxylic acid groups (broad SMARTS) is 1. The lowest BCUT2D eigenvalue weighted by Crippen LogP contribution is -2.63. The maximum Gasteiger partial charge on any atom is 0.315 e. The Morgan fingerprint density at radius 3 is 2.59 bits per heavy atom. The summed E-state index contributed by atoms with van der Waals surface area (Å²) < 4.78 is 0. The number of aliphatic carboxylic acids is 1. The largest absolute Gasteiger partial charge is 0.481 e. The molecule has 4 aliphatic carbocycles.